The molecule has 1 aliphatic heterocycles. The second-order valence-corrected chi connectivity index (χ2v) is 8.77. The molecule has 118 valence electrons. The summed E-state index contributed by atoms with van der Waals surface area (Å²) in [5.74, 6) is 0.663. The number of hydrogen-bond donors (Lipinski definition) is 1. The van der Waals surface area contributed by atoms with Crippen molar-refractivity contribution in [2.75, 3.05) is 5.75 Å². The van der Waals surface area contributed by atoms with Gasteiger partial charge in [-0.25, -0.2) is 4.68 Å². The SMILES string of the molecule is CC(C)(C)CC(Cn1nnnc1C1(C)CCCS1)C(=O)O. The molecule has 0 radical (unpaired) electrons. The summed E-state index contributed by atoms with van der Waals surface area (Å²) >= 11 is 1.85. The van der Waals surface area contributed by atoms with Gasteiger partial charge in [-0.2, -0.15) is 0 Å². The summed E-state index contributed by atoms with van der Waals surface area (Å²) in [5.41, 5.74) is -0.0385. The van der Waals surface area contributed by atoms with Gasteiger partial charge in [0, 0.05) is 0 Å². The topological polar surface area (TPSA) is 80.9 Å². The fourth-order valence-electron chi connectivity index (χ4n) is 2.84. The maximum absolute atomic E-state index is 11.5. The Morgan fingerprint density at radius 3 is 2.76 bits per heavy atom. The van der Waals surface area contributed by atoms with Crippen molar-refractivity contribution in [3.63, 3.8) is 0 Å². The number of carbonyl (C=O) groups is 1. The molecule has 2 unspecified atom stereocenters. The molecule has 1 fully saturated rings. The molecule has 1 aromatic heterocycles. The number of rotatable bonds is 5. The first-order valence-electron chi connectivity index (χ1n) is 7.35. The summed E-state index contributed by atoms with van der Waals surface area (Å²) in [5, 5.41) is 21.5. The van der Waals surface area contributed by atoms with Crippen LogP contribution in [0.15, 0.2) is 0 Å². The molecule has 2 heterocycles. The Bertz CT molecular complexity index is 503. The van der Waals surface area contributed by atoms with Crippen molar-refractivity contribution in [1.29, 1.82) is 0 Å². The van der Waals surface area contributed by atoms with E-state index in [1.54, 1.807) is 4.68 Å². The van der Waals surface area contributed by atoms with E-state index in [0.717, 1.165) is 24.4 Å². The lowest BCUT2D eigenvalue weighted by Gasteiger charge is -2.25. The van der Waals surface area contributed by atoms with E-state index in [0.29, 0.717) is 13.0 Å². The zero-order valence-corrected chi connectivity index (χ0v) is 14.0. The zero-order valence-electron chi connectivity index (χ0n) is 13.2. The van der Waals surface area contributed by atoms with Crippen LogP contribution in [0.2, 0.25) is 0 Å². The fourth-order valence-corrected chi connectivity index (χ4v) is 4.14. The van der Waals surface area contributed by atoms with E-state index in [9.17, 15) is 9.90 Å². The maximum Gasteiger partial charge on any atom is 0.308 e. The highest BCUT2D eigenvalue weighted by Crippen LogP contribution is 2.45. The van der Waals surface area contributed by atoms with E-state index in [2.05, 4.69) is 43.2 Å². The maximum atomic E-state index is 11.5. The van der Waals surface area contributed by atoms with Crippen LogP contribution in [0.4, 0.5) is 0 Å². The minimum atomic E-state index is -0.782. The van der Waals surface area contributed by atoms with Crippen LogP contribution in [-0.2, 0) is 16.1 Å². The summed E-state index contributed by atoms with van der Waals surface area (Å²) in [6.07, 6.45) is 2.79. The van der Waals surface area contributed by atoms with E-state index in [4.69, 9.17) is 0 Å². The number of aromatic nitrogens is 4. The normalized spacial score (nSPS) is 24.2. The van der Waals surface area contributed by atoms with Crippen molar-refractivity contribution in [3.05, 3.63) is 5.82 Å². The molecule has 0 saturated carbocycles. The fraction of sp³-hybridized carbons (Fsp3) is 0.857. The third kappa shape index (κ3) is 3.96. The second-order valence-electron chi connectivity index (χ2n) is 7.17. The van der Waals surface area contributed by atoms with Crippen LogP contribution in [0.1, 0.15) is 52.8 Å². The van der Waals surface area contributed by atoms with Crippen molar-refractivity contribution in [3.8, 4) is 0 Å². The summed E-state index contributed by atoms with van der Waals surface area (Å²) in [6.45, 7) is 8.64. The lowest BCUT2D eigenvalue weighted by Crippen LogP contribution is -2.29. The minimum Gasteiger partial charge on any atom is -0.481 e. The molecule has 1 aromatic rings. The summed E-state index contributed by atoms with van der Waals surface area (Å²) in [6, 6.07) is 0. The van der Waals surface area contributed by atoms with Gasteiger partial charge in [0.15, 0.2) is 5.82 Å². The summed E-state index contributed by atoms with van der Waals surface area (Å²) in [4.78, 5) is 11.5. The smallest absolute Gasteiger partial charge is 0.308 e. The molecule has 0 aromatic carbocycles. The quantitative estimate of drug-likeness (QED) is 0.900. The predicted octanol–water partition coefficient (Wildman–Crippen LogP) is 2.55. The minimum absolute atomic E-state index is 0.0385. The number of hydrogen-bond acceptors (Lipinski definition) is 5. The van der Waals surface area contributed by atoms with Crippen molar-refractivity contribution in [2.24, 2.45) is 11.3 Å². The van der Waals surface area contributed by atoms with Gasteiger partial charge in [0.1, 0.15) is 0 Å². The second kappa shape index (κ2) is 5.94. The van der Waals surface area contributed by atoms with Gasteiger partial charge in [-0.3, -0.25) is 4.79 Å². The van der Waals surface area contributed by atoms with Crippen molar-refractivity contribution >= 4 is 17.7 Å². The Labute approximate surface area is 129 Å². The molecule has 1 N–H and O–H groups in total. The standard InChI is InChI=1S/C14H24N4O2S/c1-13(2,3)8-10(11(19)20)9-18-12(15-16-17-18)14(4)6-5-7-21-14/h10H,5-9H2,1-4H3,(H,19,20). The van der Waals surface area contributed by atoms with Gasteiger partial charge in [-0.05, 0) is 47.8 Å². The molecule has 0 aliphatic carbocycles. The van der Waals surface area contributed by atoms with Gasteiger partial charge in [0.2, 0.25) is 0 Å². The van der Waals surface area contributed by atoms with Crippen LogP contribution in [0, 0.1) is 11.3 Å². The number of carboxylic acid groups (broad SMARTS) is 1. The highest BCUT2D eigenvalue weighted by atomic mass is 32.2. The molecule has 6 nitrogen and oxygen atoms in total. The Balaban J connectivity index is 2.18. The molecule has 21 heavy (non-hydrogen) atoms. The van der Waals surface area contributed by atoms with E-state index >= 15 is 0 Å². The molecule has 0 amide bonds. The Kier molecular flexibility index (Phi) is 4.60. The largest absolute Gasteiger partial charge is 0.481 e. The molecule has 1 aliphatic rings. The molecule has 0 spiro atoms. The molecule has 0 bridgehead atoms. The van der Waals surface area contributed by atoms with E-state index in [-0.39, 0.29) is 10.2 Å². The number of nitrogens with zero attached hydrogens (tertiary/aromatic N) is 4. The van der Waals surface area contributed by atoms with Crippen LogP contribution in [0.25, 0.3) is 0 Å². The lowest BCUT2D eigenvalue weighted by atomic mass is 9.84. The predicted molar refractivity (Wildman–Crippen MR) is 82.1 cm³/mol. The highest BCUT2D eigenvalue weighted by Gasteiger charge is 2.37. The average molecular weight is 312 g/mol. The third-order valence-electron chi connectivity index (χ3n) is 3.83. The van der Waals surface area contributed by atoms with Crippen molar-refractivity contribution in [2.45, 2.75) is 58.2 Å². The number of thioether (sulfide) groups is 1. The molecular formula is C14H24N4O2S. The number of carboxylic acids is 1. The Morgan fingerprint density at radius 1 is 1.52 bits per heavy atom. The van der Waals surface area contributed by atoms with Crippen LogP contribution in [0.5, 0.6) is 0 Å². The Hall–Kier alpha value is -1.11. The van der Waals surface area contributed by atoms with Gasteiger partial charge < -0.3 is 5.11 Å². The highest BCUT2D eigenvalue weighted by molar-refractivity contribution is 8.00. The van der Waals surface area contributed by atoms with Gasteiger partial charge in [0.05, 0.1) is 17.2 Å². The van der Waals surface area contributed by atoms with Crippen LogP contribution >= 0.6 is 11.8 Å². The Morgan fingerprint density at radius 2 is 2.24 bits per heavy atom. The number of tetrazole rings is 1. The molecule has 1 saturated heterocycles. The van der Waals surface area contributed by atoms with Crippen molar-refractivity contribution < 1.29 is 9.90 Å². The lowest BCUT2D eigenvalue weighted by molar-refractivity contribution is -0.143. The van der Waals surface area contributed by atoms with Gasteiger partial charge >= 0.3 is 5.97 Å². The third-order valence-corrected chi connectivity index (χ3v) is 5.34. The molecular weight excluding hydrogens is 288 g/mol. The van der Waals surface area contributed by atoms with Gasteiger partial charge in [-0.1, -0.05) is 20.8 Å². The van der Waals surface area contributed by atoms with Crippen LogP contribution < -0.4 is 0 Å². The first-order chi connectivity index (χ1) is 9.71. The molecule has 2 rings (SSSR count). The number of aliphatic carboxylic acids is 1. The van der Waals surface area contributed by atoms with Crippen molar-refractivity contribution in [1.82, 2.24) is 20.2 Å². The van der Waals surface area contributed by atoms with E-state index < -0.39 is 11.9 Å². The summed E-state index contributed by atoms with van der Waals surface area (Å²) < 4.78 is 1.61. The van der Waals surface area contributed by atoms with Crippen LogP contribution in [0.3, 0.4) is 0 Å². The van der Waals surface area contributed by atoms with Gasteiger partial charge in [-0.15, -0.1) is 16.9 Å². The van der Waals surface area contributed by atoms with E-state index in [1.807, 2.05) is 11.8 Å². The van der Waals surface area contributed by atoms with Crippen LogP contribution in [-0.4, -0.2) is 37.0 Å². The average Bonchev–Trinajstić information content (AvgIpc) is 2.96. The molecule has 2 atom stereocenters. The summed E-state index contributed by atoms with van der Waals surface area (Å²) in [7, 11) is 0. The first kappa shape index (κ1) is 16.3. The van der Waals surface area contributed by atoms with E-state index in [1.165, 1.54) is 0 Å². The first-order valence-corrected chi connectivity index (χ1v) is 8.33. The zero-order chi connectivity index (χ0) is 15.7. The van der Waals surface area contributed by atoms with Gasteiger partial charge in [0.25, 0.3) is 0 Å². The molecule has 7 heteroatoms. The monoisotopic (exact) mass is 312 g/mol.